The van der Waals surface area contributed by atoms with Crippen molar-refractivity contribution in [1.29, 1.82) is 0 Å². The summed E-state index contributed by atoms with van der Waals surface area (Å²) < 4.78 is 16.2. The molecule has 2 aromatic heterocycles. The maximum atomic E-state index is 14.7. The number of H-pyrrole nitrogens is 1. The van der Waals surface area contributed by atoms with Crippen LogP contribution in [0, 0.1) is 5.82 Å². The van der Waals surface area contributed by atoms with Crippen molar-refractivity contribution < 1.29 is 4.39 Å². The van der Waals surface area contributed by atoms with Gasteiger partial charge in [-0.15, -0.1) is 0 Å². The molecule has 10 heteroatoms. The number of halogens is 2. The molecule has 8 nitrogen and oxygen atoms in total. The Morgan fingerprint density at radius 2 is 1.89 bits per heavy atom. The topological polar surface area (TPSA) is 101 Å². The number of hydrogen-bond donors (Lipinski definition) is 2. The average molecular weight is 396 g/mol. The number of nitrogens with one attached hydrogen (secondary N) is 2. The first-order valence-corrected chi connectivity index (χ1v) is 8.69. The molecule has 1 aliphatic heterocycles. The molecule has 3 heterocycles. The minimum Gasteiger partial charge on any atom is -0.318 e. The van der Waals surface area contributed by atoms with E-state index in [0.717, 1.165) is 0 Å². The van der Waals surface area contributed by atoms with Crippen molar-refractivity contribution >= 4 is 23.2 Å². The van der Waals surface area contributed by atoms with Gasteiger partial charge in [-0.05, 0) is 28.6 Å². The summed E-state index contributed by atoms with van der Waals surface area (Å²) >= 11 is 5.99. The molecule has 1 unspecified atom stereocenters. The Hall–Kier alpha value is -3.59. The Bertz CT molecular complexity index is 1250. The summed E-state index contributed by atoms with van der Waals surface area (Å²) in [6, 6.07) is 12.5. The minimum absolute atomic E-state index is 0.218. The van der Waals surface area contributed by atoms with Crippen molar-refractivity contribution in [2.75, 3.05) is 5.32 Å². The van der Waals surface area contributed by atoms with E-state index in [-0.39, 0.29) is 11.6 Å². The first kappa shape index (κ1) is 16.6. The maximum absolute atomic E-state index is 14.7. The third kappa shape index (κ3) is 2.48. The Kier molecular flexibility index (Phi) is 3.69. The van der Waals surface area contributed by atoms with E-state index in [0.29, 0.717) is 27.4 Å². The molecule has 5 rings (SSSR count). The minimum atomic E-state index is -0.775. The molecule has 0 saturated heterocycles. The number of fused-ring (bicyclic) bond motifs is 2. The van der Waals surface area contributed by atoms with E-state index in [9.17, 15) is 9.18 Å². The standard InChI is InChI=1S/C18H11ClFN7O/c19-10-7-5-9(6-8-10)14-13-15(17(28)23-22-14)21-18-24-25-26-27(18)16(13)11-3-1-2-4-12(11)20/h1-8,16H,(H,23,28)(H,21,24,26). The highest BCUT2D eigenvalue weighted by molar-refractivity contribution is 6.30. The zero-order chi connectivity index (χ0) is 19.3. The molecule has 0 spiro atoms. The van der Waals surface area contributed by atoms with E-state index in [2.05, 4.69) is 31.0 Å². The number of anilines is 2. The monoisotopic (exact) mass is 395 g/mol. The fourth-order valence-electron chi connectivity index (χ4n) is 3.35. The van der Waals surface area contributed by atoms with Crippen LogP contribution >= 0.6 is 11.6 Å². The van der Waals surface area contributed by atoms with Gasteiger partial charge in [0.2, 0.25) is 5.95 Å². The smallest absolute Gasteiger partial charge is 0.288 e. The quantitative estimate of drug-likeness (QED) is 0.476. The fourth-order valence-corrected chi connectivity index (χ4v) is 3.48. The number of tetrazole rings is 1. The number of rotatable bonds is 2. The molecule has 1 aliphatic rings. The molecule has 2 aromatic carbocycles. The molecule has 138 valence electrons. The molecule has 0 saturated carbocycles. The predicted molar refractivity (Wildman–Crippen MR) is 100 cm³/mol. The van der Waals surface area contributed by atoms with E-state index < -0.39 is 17.4 Å². The number of aromatic amines is 1. The van der Waals surface area contributed by atoms with Crippen LogP contribution in [-0.4, -0.2) is 30.4 Å². The van der Waals surface area contributed by atoms with E-state index in [1.165, 1.54) is 10.7 Å². The molecule has 0 aliphatic carbocycles. The van der Waals surface area contributed by atoms with Crippen LogP contribution in [0.1, 0.15) is 17.2 Å². The van der Waals surface area contributed by atoms with Crippen molar-refractivity contribution in [2.24, 2.45) is 0 Å². The van der Waals surface area contributed by atoms with Crippen LogP contribution in [0.3, 0.4) is 0 Å². The van der Waals surface area contributed by atoms with Crippen molar-refractivity contribution in [3.63, 3.8) is 0 Å². The van der Waals surface area contributed by atoms with Crippen LogP contribution in [0.2, 0.25) is 5.02 Å². The Balaban J connectivity index is 1.84. The van der Waals surface area contributed by atoms with Gasteiger partial charge in [0.25, 0.3) is 5.56 Å². The lowest BCUT2D eigenvalue weighted by Crippen LogP contribution is -2.29. The lowest BCUT2D eigenvalue weighted by molar-refractivity contribution is 0.527. The number of hydrogen-bond acceptors (Lipinski definition) is 6. The van der Waals surface area contributed by atoms with Crippen molar-refractivity contribution in [3.8, 4) is 11.3 Å². The Labute approximate surface area is 162 Å². The second-order valence-electron chi connectivity index (χ2n) is 6.19. The Morgan fingerprint density at radius 1 is 1.11 bits per heavy atom. The van der Waals surface area contributed by atoms with Crippen molar-refractivity contribution in [2.45, 2.75) is 6.04 Å². The second kappa shape index (κ2) is 6.24. The fraction of sp³-hybridized carbons (Fsp3) is 0.0556. The van der Waals surface area contributed by atoms with Gasteiger partial charge in [-0.2, -0.15) is 9.78 Å². The molecule has 0 bridgehead atoms. The molecule has 4 aromatic rings. The summed E-state index contributed by atoms with van der Waals surface area (Å²) in [6.45, 7) is 0. The van der Waals surface area contributed by atoms with Crippen LogP contribution in [0.5, 0.6) is 0 Å². The SMILES string of the molecule is O=c1[nH]nc(-c2ccc(Cl)cc2)c2c1Nc1nnnn1C2c1ccccc1F. The summed E-state index contributed by atoms with van der Waals surface area (Å²) in [7, 11) is 0. The number of nitrogens with zero attached hydrogens (tertiary/aromatic N) is 5. The van der Waals surface area contributed by atoms with E-state index in [4.69, 9.17) is 11.6 Å². The summed E-state index contributed by atoms with van der Waals surface area (Å²) in [4.78, 5) is 12.5. The molecule has 1 atom stereocenters. The zero-order valence-corrected chi connectivity index (χ0v) is 14.9. The van der Waals surface area contributed by atoms with E-state index in [1.807, 2.05) is 0 Å². The third-order valence-electron chi connectivity index (χ3n) is 4.59. The van der Waals surface area contributed by atoms with Gasteiger partial charge < -0.3 is 5.32 Å². The summed E-state index contributed by atoms with van der Waals surface area (Å²) in [5.74, 6) is -0.205. The van der Waals surface area contributed by atoms with Gasteiger partial charge in [0.05, 0.1) is 5.69 Å². The van der Waals surface area contributed by atoms with Crippen LogP contribution in [0.25, 0.3) is 11.3 Å². The van der Waals surface area contributed by atoms with E-state index in [1.54, 1.807) is 42.5 Å². The molecule has 0 radical (unpaired) electrons. The third-order valence-corrected chi connectivity index (χ3v) is 4.84. The molecular weight excluding hydrogens is 385 g/mol. The van der Waals surface area contributed by atoms with Gasteiger partial charge in [0.15, 0.2) is 0 Å². The number of benzene rings is 2. The normalized spacial score (nSPS) is 14.9. The van der Waals surface area contributed by atoms with Crippen LogP contribution in [0.4, 0.5) is 16.0 Å². The maximum Gasteiger partial charge on any atom is 0.288 e. The second-order valence-corrected chi connectivity index (χ2v) is 6.63. The average Bonchev–Trinajstić information content (AvgIpc) is 3.17. The van der Waals surface area contributed by atoms with Crippen molar-refractivity contribution in [3.05, 3.63) is 80.9 Å². The summed E-state index contributed by atoms with van der Waals surface area (Å²) in [5.41, 5.74) is 1.72. The first-order chi connectivity index (χ1) is 13.6. The highest BCUT2D eigenvalue weighted by Gasteiger charge is 2.35. The molecular formula is C18H11ClFN7O. The lowest BCUT2D eigenvalue weighted by atomic mass is 9.92. The van der Waals surface area contributed by atoms with Crippen LogP contribution in [-0.2, 0) is 0 Å². The van der Waals surface area contributed by atoms with Gasteiger partial charge in [-0.1, -0.05) is 47.0 Å². The molecule has 28 heavy (non-hydrogen) atoms. The van der Waals surface area contributed by atoms with E-state index >= 15 is 0 Å². The molecule has 0 amide bonds. The van der Waals surface area contributed by atoms with Gasteiger partial charge in [-0.25, -0.2) is 9.49 Å². The number of aromatic nitrogens is 6. The van der Waals surface area contributed by atoms with Crippen LogP contribution in [0.15, 0.2) is 53.3 Å². The highest BCUT2D eigenvalue weighted by atomic mass is 35.5. The van der Waals surface area contributed by atoms with Crippen LogP contribution < -0.4 is 10.9 Å². The highest BCUT2D eigenvalue weighted by Crippen LogP contribution is 2.41. The first-order valence-electron chi connectivity index (χ1n) is 8.31. The Morgan fingerprint density at radius 3 is 2.68 bits per heavy atom. The lowest BCUT2D eigenvalue weighted by Gasteiger charge is -2.28. The van der Waals surface area contributed by atoms with Gasteiger partial charge in [0.1, 0.15) is 17.5 Å². The predicted octanol–water partition coefficient (Wildman–Crippen LogP) is 2.91. The molecule has 0 fully saturated rings. The zero-order valence-electron chi connectivity index (χ0n) is 14.1. The summed E-state index contributed by atoms with van der Waals surface area (Å²) in [6.07, 6.45) is 0. The van der Waals surface area contributed by atoms with Gasteiger partial charge >= 0.3 is 0 Å². The molecule has 2 N–H and O–H groups in total. The van der Waals surface area contributed by atoms with Gasteiger partial charge in [-0.3, -0.25) is 4.79 Å². The van der Waals surface area contributed by atoms with Crippen molar-refractivity contribution in [1.82, 2.24) is 30.4 Å². The van der Waals surface area contributed by atoms with Gasteiger partial charge in [0, 0.05) is 21.7 Å². The largest absolute Gasteiger partial charge is 0.318 e. The summed E-state index contributed by atoms with van der Waals surface area (Å²) in [5, 5.41) is 21.8.